The van der Waals surface area contributed by atoms with Crippen molar-refractivity contribution in [3.63, 3.8) is 0 Å². The number of hydrogen-bond acceptors (Lipinski definition) is 5. The maximum Gasteiger partial charge on any atom is 0.322 e. The summed E-state index contributed by atoms with van der Waals surface area (Å²) in [6.45, 7) is 2.32. The highest BCUT2D eigenvalue weighted by Crippen LogP contribution is 2.29. The van der Waals surface area contributed by atoms with E-state index in [4.69, 9.17) is 39.5 Å². The number of benzene rings is 1. The fourth-order valence-electron chi connectivity index (χ4n) is 2.82. The van der Waals surface area contributed by atoms with E-state index in [-0.39, 0.29) is 11.9 Å². The van der Waals surface area contributed by atoms with Gasteiger partial charge in [0.05, 0.1) is 10.7 Å². The fraction of sp³-hybridized carbons (Fsp3) is 0.238. The number of hydrogen-bond donors (Lipinski definition) is 1. The largest absolute Gasteiger partial charge is 0.438 e. The standard InChI is InChI=1S/C21H20Cl3N5O2/c1-3-17-18(24)19(28-12-27-17)29(21(30)25-2)9-8-13-4-6-15(7-5-13)31-20-16(23)10-14(22)11-26-20/h4-7,10-12H,3,8-9H2,1-2H3,(H,25,30). The molecule has 0 radical (unpaired) electrons. The number of carbonyl (C=O) groups is 1. The van der Waals surface area contributed by atoms with Crippen molar-refractivity contribution >= 4 is 46.7 Å². The predicted molar refractivity (Wildman–Crippen MR) is 123 cm³/mol. The van der Waals surface area contributed by atoms with Crippen LogP contribution < -0.4 is 15.0 Å². The third-order valence-electron chi connectivity index (χ3n) is 4.43. The minimum Gasteiger partial charge on any atom is -0.438 e. The monoisotopic (exact) mass is 479 g/mol. The molecule has 0 aliphatic rings. The van der Waals surface area contributed by atoms with Gasteiger partial charge in [-0.1, -0.05) is 53.9 Å². The number of urea groups is 1. The molecule has 0 saturated carbocycles. The van der Waals surface area contributed by atoms with Crippen LogP contribution in [0.1, 0.15) is 18.2 Å². The van der Waals surface area contributed by atoms with Crippen LogP contribution in [-0.4, -0.2) is 34.6 Å². The van der Waals surface area contributed by atoms with Crippen LogP contribution in [0.5, 0.6) is 11.6 Å². The van der Waals surface area contributed by atoms with Gasteiger partial charge in [0.1, 0.15) is 22.1 Å². The first-order valence-corrected chi connectivity index (χ1v) is 10.6. The maximum absolute atomic E-state index is 12.4. The number of carbonyl (C=O) groups excluding carboxylic acids is 1. The second-order valence-electron chi connectivity index (χ2n) is 6.45. The summed E-state index contributed by atoms with van der Waals surface area (Å²) in [6.07, 6.45) is 4.10. The lowest BCUT2D eigenvalue weighted by atomic mass is 10.1. The second-order valence-corrected chi connectivity index (χ2v) is 7.68. The molecule has 0 atom stereocenters. The molecule has 0 aliphatic heterocycles. The van der Waals surface area contributed by atoms with Gasteiger partial charge >= 0.3 is 6.03 Å². The molecule has 7 nitrogen and oxygen atoms in total. The van der Waals surface area contributed by atoms with Gasteiger partial charge in [0.2, 0.25) is 5.88 Å². The van der Waals surface area contributed by atoms with Crippen molar-refractivity contribution in [3.05, 3.63) is 69.2 Å². The Bertz CT molecular complexity index is 1060. The number of ether oxygens (including phenoxy) is 1. The van der Waals surface area contributed by atoms with E-state index in [0.717, 1.165) is 5.56 Å². The van der Waals surface area contributed by atoms with Crippen LogP contribution in [0.2, 0.25) is 15.1 Å². The highest BCUT2D eigenvalue weighted by molar-refractivity contribution is 6.35. The molecule has 2 aromatic heterocycles. The minimum atomic E-state index is -0.300. The van der Waals surface area contributed by atoms with Gasteiger partial charge in [0, 0.05) is 19.8 Å². The Morgan fingerprint density at radius 2 is 1.87 bits per heavy atom. The summed E-state index contributed by atoms with van der Waals surface area (Å²) in [5.74, 6) is 1.24. The Morgan fingerprint density at radius 3 is 2.52 bits per heavy atom. The van der Waals surface area contributed by atoms with E-state index in [9.17, 15) is 4.79 Å². The highest BCUT2D eigenvalue weighted by Gasteiger charge is 2.20. The zero-order valence-electron chi connectivity index (χ0n) is 16.9. The molecule has 0 aliphatic carbocycles. The van der Waals surface area contributed by atoms with Gasteiger partial charge in [0.25, 0.3) is 0 Å². The molecule has 1 aromatic carbocycles. The fourth-order valence-corrected chi connectivity index (χ4v) is 3.57. The number of anilines is 1. The Hall–Kier alpha value is -2.61. The Balaban J connectivity index is 1.71. The summed E-state index contributed by atoms with van der Waals surface area (Å²) in [6, 6.07) is 8.68. The maximum atomic E-state index is 12.4. The second kappa shape index (κ2) is 10.6. The van der Waals surface area contributed by atoms with Crippen LogP contribution in [0.15, 0.2) is 42.9 Å². The molecule has 0 fully saturated rings. The lowest BCUT2D eigenvalue weighted by molar-refractivity contribution is 0.248. The molecule has 10 heteroatoms. The SMILES string of the molecule is CCc1ncnc(N(CCc2ccc(Oc3ncc(Cl)cc3Cl)cc2)C(=O)NC)c1Cl. The van der Waals surface area contributed by atoms with Gasteiger partial charge in [-0.15, -0.1) is 0 Å². The van der Waals surface area contributed by atoms with Crippen molar-refractivity contribution in [1.29, 1.82) is 0 Å². The van der Waals surface area contributed by atoms with E-state index in [0.29, 0.717) is 51.7 Å². The Labute approximate surface area is 195 Å². The molecule has 3 aromatic rings. The molecule has 2 amide bonds. The summed E-state index contributed by atoms with van der Waals surface area (Å²) in [7, 11) is 1.56. The van der Waals surface area contributed by atoms with Gasteiger partial charge in [-0.05, 0) is 36.6 Å². The molecule has 31 heavy (non-hydrogen) atoms. The number of nitrogens with one attached hydrogen (secondary N) is 1. The van der Waals surface area contributed by atoms with E-state index in [1.807, 2.05) is 19.1 Å². The summed E-state index contributed by atoms with van der Waals surface area (Å²) in [4.78, 5) is 26.4. The Morgan fingerprint density at radius 1 is 1.13 bits per heavy atom. The van der Waals surface area contributed by atoms with Crippen molar-refractivity contribution in [3.8, 4) is 11.6 Å². The first-order valence-electron chi connectivity index (χ1n) is 9.49. The molecule has 0 spiro atoms. The smallest absolute Gasteiger partial charge is 0.322 e. The topological polar surface area (TPSA) is 80.2 Å². The van der Waals surface area contributed by atoms with Gasteiger partial charge < -0.3 is 10.1 Å². The molecule has 1 N–H and O–H groups in total. The molecule has 0 bridgehead atoms. The third kappa shape index (κ3) is 5.76. The molecular weight excluding hydrogens is 461 g/mol. The molecule has 0 saturated heterocycles. The van der Waals surface area contributed by atoms with Crippen LogP contribution in [0.25, 0.3) is 0 Å². The highest BCUT2D eigenvalue weighted by atomic mass is 35.5. The predicted octanol–water partition coefficient (Wildman–Crippen LogP) is 5.58. The van der Waals surface area contributed by atoms with Gasteiger partial charge in [0.15, 0.2) is 5.82 Å². The van der Waals surface area contributed by atoms with Crippen molar-refractivity contribution in [2.45, 2.75) is 19.8 Å². The Kier molecular flexibility index (Phi) is 7.90. The number of rotatable bonds is 7. The number of pyridine rings is 1. The number of nitrogens with zero attached hydrogens (tertiary/aromatic N) is 4. The quantitative estimate of drug-likeness (QED) is 0.478. The van der Waals surface area contributed by atoms with Gasteiger partial charge in [-0.3, -0.25) is 4.90 Å². The number of aromatic nitrogens is 3. The van der Waals surface area contributed by atoms with Crippen LogP contribution in [0, 0.1) is 0 Å². The lowest BCUT2D eigenvalue weighted by Crippen LogP contribution is -2.40. The molecule has 162 valence electrons. The summed E-state index contributed by atoms with van der Waals surface area (Å²) >= 11 is 18.4. The van der Waals surface area contributed by atoms with Crippen molar-refractivity contribution in [2.24, 2.45) is 0 Å². The normalized spacial score (nSPS) is 10.6. The summed E-state index contributed by atoms with van der Waals surface area (Å²) in [5, 5.41) is 3.77. The lowest BCUT2D eigenvalue weighted by Gasteiger charge is -2.22. The van der Waals surface area contributed by atoms with E-state index in [2.05, 4.69) is 20.3 Å². The van der Waals surface area contributed by atoms with Crippen molar-refractivity contribution < 1.29 is 9.53 Å². The molecule has 0 unspecified atom stereocenters. The molecule has 3 rings (SSSR count). The zero-order valence-corrected chi connectivity index (χ0v) is 19.2. The number of aryl methyl sites for hydroxylation is 1. The number of amides is 2. The first kappa shape index (κ1) is 23.1. The van der Waals surface area contributed by atoms with Crippen LogP contribution >= 0.6 is 34.8 Å². The third-order valence-corrected chi connectivity index (χ3v) is 5.29. The molecular formula is C21H20Cl3N5O2. The molecule has 2 heterocycles. The average Bonchev–Trinajstić information content (AvgIpc) is 2.77. The summed E-state index contributed by atoms with van der Waals surface area (Å²) < 4.78 is 5.70. The van der Waals surface area contributed by atoms with Crippen molar-refractivity contribution in [1.82, 2.24) is 20.3 Å². The number of halogens is 3. The van der Waals surface area contributed by atoms with E-state index < -0.39 is 0 Å². The van der Waals surface area contributed by atoms with Gasteiger partial charge in [-0.25, -0.2) is 19.7 Å². The minimum absolute atomic E-state index is 0.273. The van der Waals surface area contributed by atoms with Crippen LogP contribution in [0.3, 0.4) is 0 Å². The first-order chi connectivity index (χ1) is 14.9. The van der Waals surface area contributed by atoms with E-state index in [1.54, 1.807) is 25.2 Å². The average molecular weight is 481 g/mol. The zero-order chi connectivity index (χ0) is 22.4. The van der Waals surface area contributed by atoms with Crippen LogP contribution in [-0.2, 0) is 12.8 Å². The van der Waals surface area contributed by atoms with E-state index >= 15 is 0 Å². The van der Waals surface area contributed by atoms with Crippen molar-refractivity contribution in [2.75, 3.05) is 18.5 Å². The van der Waals surface area contributed by atoms with Gasteiger partial charge in [-0.2, -0.15) is 0 Å². The van der Waals surface area contributed by atoms with E-state index in [1.165, 1.54) is 17.4 Å². The summed E-state index contributed by atoms with van der Waals surface area (Å²) in [5.41, 5.74) is 1.69. The van der Waals surface area contributed by atoms with Crippen LogP contribution in [0.4, 0.5) is 10.6 Å².